The van der Waals surface area contributed by atoms with Crippen LogP contribution in [0.25, 0.3) is 10.9 Å². The van der Waals surface area contributed by atoms with Crippen molar-refractivity contribution in [1.82, 2.24) is 10.3 Å². The van der Waals surface area contributed by atoms with Crippen molar-refractivity contribution < 1.29 is 0 Å². The molecule has 114 valence electrons. The third kappa shape index (κ3) is 5.01. The van der Waals surface area contributed by atoms with Gasteiger partial charge in [-0.2, -0.15) is 0 Å². The number of nitrogens with zero attached hydrogens (tertiary/aromatic N) is 1. The number of anilines is 1. The van der Waals surface area contributed by atoms with Gasteiger partial charge in [-0.15, -0.1) is 0 Å². The second kappa shape index (κ2) is 8.63. The Morgan fingerprint density at radius 2 is 2.00 bits per heavy atom. The highest BCUT2D eigenvalue weighted by atomic mass is 15.0. The van der Waals surface area contributed by atoms with Crippen LogP contribution in [0.5, 0.6) is 0 Å². The molecule has 0 aliphatic heterocycles. The fourth-order valence-corrected chi connectivity index (χ4v) is 2.58. The Bertz CT molecular complexity index is 533. The first-order valence-corrected chi connectivity index (χ1v) is 8.12. The summed E-state index contributed by atoms with van der Waals surface area (Å²) in [5.41, 5.74) is 2.21. The van der Waals surface area contributed by atoms with E-state index in [1.807, 2.05) is 12.3 Å². The van der Waals surface area contributed by atoms with E-state index < -0.39 is 0 Å². The number of pyridine rings is 1. The summed E-state index contributed by atoms with van der Waals surface area (Å²) in [4.78, 5) is 4.38. The van der Waals surface area contributed by atoms with E-state index in [-0.39, 0.29) is 0 Å². The third-order valence-electron chi connectivity index (χ3n) is 3.82. The molecule has 1 aromatic heterocycles. The summed E-state index contributed by atoms with van der Waals surface area (Å²) in [5.74, 6) is 0. The van der Waals surface area contributed by atoms with Crippen LogP contribution in [0.3, 0.4) is 0 Å². The Balaban J connectivity index is 1.75. The van der Waals surface area contributed by atoms with Crippen LogP contribution in [0.2, 0.25) is 0 Å². The Kier molecular flexibility index (Phi) is 6.48. The lowest BCUT2D eigenvalue weighted by atomic mass is 10.1. The van der Waals surface area contributed by atoms with Crippen molar-refractivity contribution in [3.63, 3.8) is 0 Å². The average Bonchev–Trinajstić information content (AvgIpc) is 2.52. The molecule has 1 atom stereocenters. The predicted molar refractivity (Wildman–Crippen MR) is 91.8 cm³/mol. The van der Waals surface area contributed by atoms with Crippen molar-refractivity contribution in [2.75, 3.05) is 18.4 Å². The molecule has 0 bridgehead atoms. The molecule has 1 heterocycles. The molecule has 0 spiro atoms. The summed E-state index contributed by atoms with van der Waals surface area (Å²) in [6.07, 6.45) is 7.07. The van der Waals surface area contributed by atoms with E-state index in [0.29, 0.717) is 6.04 Å². The highest BCUT2D eigenvalue weighted by Gasteiger charge is 2.02. The van der Waals surface area contributed by atoms with Crippen LogP contribution < -0.4 is 10.6 Å². The van der Waals surface area contributed by atoms with Crippen LogP contribution in [-0.4, -0.2) is 24.1 Å². The summed E-state index contributed by atoms with van der Waals surface area (Å²) in [6.45, 7) is 6.45. The number of rotatable bonds is 9. The molecule has 3 heteroatoms. The number of hydrogen-bond acceptors (Lipinski definition) is 3. The van der Waals surface area contributed by atoms with Gasteiger partial charge >= 0.3 is 0 Å². The molecule has 2 aromatic rings. The van der Waals surface area contributed by atoms with Crippen LogP contribution in [-0.2, 0) is 0 Å². The molecule has 1 unspecified atom stereocenters. The highest BCUT2D eigenvalue weighted by molar-refractivity contribution is 5.91. The number of nitrogens with one attached hydrogen (secondary N) is 2. The summed E-state index contributed by atoms with van der Waals surface area (Å²) >= 11 is 0. The van der Waals surface area contributed by atoms with Crippen molar-refractivity contribution in [1.29, 1.82) is 0 Å². The van der Waals surface area contributed by atoms with Gasteiger partial charge in [-0.25, -0.2) is 0 Å². The number of fused-ring (bicyclic) bond motifs is 1. The zero-order valence-corrected chi connectivity index (χ0v) is 13.2. The fraction of sp³-hybridized carbons (Fsp3) is 0.500. The van der Waals surface area contributed by atoms with E-state index in [4.69, 9.17) is 0 Å². The Morgan fingerprint density at radius 1 is 1.10 bits per heavy atom. The average molecular weight is 285 g/mol. The molecule has 0 radical (unpaired) electrons. The van der Waals surface area contributed by atoms with Gasteiger partial charge in [0.1, 0.15) is 0 Å². The number of benzene rings is 1. The van der Waals surface area contributed by atoms with E-state index in [2.05, 4.69) is 53.7 Å². The molecule has 0 saturated heterocycles. The molecule has 2 N–H and O–H groups in total. The normalized spacial score (nSPS) is 12.5. The van der Waals surface area contributed by atoms with Gasteiger partial charge in [0, 0.05) is 36.4 Å². The standard InChI is InChI=1S/C18H27N3/c1-3-4-5-8-15(2)19-13-14-21-18-11-6-10-17-16(18)9-7-12-20-17/h6-7,9-12,15,19,21H,3-5,8,13-14H2,1-2H3. The van der Waals surface area contributed by atoms with Gasteiger partial charge in [-0.3, -0.25) is 4.98 Å². The van der Waals surface area contributed by atoms with Crippen LogP contribution in [0, 0.1) is 0 Å². The lowest BCUT2D eigenvalue weighted by molar-refractivity contribution is 0.496. The molecular weight excluding hydrogens is 258 g/mol. The van der Waals surface area contributed by atoms with Crippen LogP contribution in [0.15, 0.2) is 36.5 Å². The molecule has 3 nitrogen and oxygen atoms in total. The lowest BCUT2D eigenvalue weighted by Gasteiger charge is -2.15. The van der Waals surface area contributed by atoms with Crippen LogP contribution in [0.1, 0.15) is 39.5 Å². The molecule has 0 saturated carbocycles. The quantitative estimate of drug-likeness (QED) is 0.678. The smallest absolute Gasteiger partial charge is 0.0722 e. The van der Waals surface area contributed by atoms with Gasteiger partial charge in [-0.1, -0.05) is 32.3 Å². The van der Waals surface area contributed by atoms with Crippen LogP contribution >= 0.6 is 0 Å². The largest absolute Gasteiger partial charge is 0.383 e. The first-order chi connectivity index (χ1) is 10.3. The molecule has 0 aliphatic carbocycles. The molecular formula is C18H27N3. The maximum absolute atomic E-state index is 4.38. The second-order valence-electron chi connectivity index (χ2n) is 5.65. The Labute approximate surface area is 128 Å². The minimum Gasteiger partial charge on any atom is -0.383 e. The molecule has 0 amide bonds. The SMILES string of the molecule is CCCCCC(C)NCCNc1cccc2ncccc12. The van der Waals surface area contributed by atoms with E-state index in [1.165, 1.54) is 36.8 Å². The number of hydrogen-bond donors (Lipinski definition) is 2. The fourth-order valence-electron chi connectivity index (χ4n) is 2.58. The van der Waals surface area contributed by atoms with Crippen molar-refractivity contribution in [3.8, 4) is 0 Å². The van der Waals surface area contributed by atoms with Crippen LogP contribution in [0.4, 0.5) is 5.69 Å². The van der Waals surface area contributed by atoms with Crippen molar-refractivity contribution in [2.45, 2.75) is 45.6 Å². The minimum atomic E-state index is 0.604. The first kappa shape index (κ1) is 15.8. The first-order valence-electron chi connectivity index (χ1n) is 8.12. The lowest BCUT2D eigenvalue weighted by Crippen LogP contribution is -2.30. The van der Waals surface area contributed by atoms with Crippen molar-refractivity contribution >= 4 is 16.6 Å². The van der Waals surface area contributed by atoms with Gasteiger partial charge < -0.3 is 10.6 Å². The van der Waals surface area contributed by atoms with E-state index in [0.717, 1.165) is 18.6 Å². The predicted octanol–water partition coefficient (Wildman–Crippen LogP) is 4.21. The zero-order chi connectivity index (χ0) is 14.9. The maximum Gasteiger partial charge on any atom is 0.0722 e. The van der Waals surface area contributed by atoms with Crippen molar-refractivity contribution in [2.24, 2.45) is 0 Å². The zero-order valence-electron chi connectivity index (χ0n) is 13.2. The minimum absolute atomic E-state index is 0.604. The summed E-state index contributed by atoms with van der Waals surface area (Å²) in [7, 11) is 0. The second-order valence-corrected chi connectivity index (χ2v) is 5.65. The van der Waals surface area contributed by atoms with Crippen molar-refractivity contribution in [3.05, 3.63) is 36.5 Å². The van der Waals surface area contributed by atoms with E-state index in [9.17, 15) is 0 Å². The van der Waals surface area contributed by atoms with E-state index >= 15 is 0 Å². The molecule has 2 rings (SSSR count). The third-order valence-corrected chi connectivity index (χ3v) is 3.82. The highest BCUT2D eigenvalue weighted by Crippen LogP contribution is 2.20. The van der Waals surface area contributed by atoms with Gasteiger partial charge in [0.05, 0.1) is 5.52 Å². The Hall–Kier alpha value is -1.61. The number of aromatic nitrogens is 1. The van der Waals surface area contributed by atoms with E-state index in [1.54, 1.807) is 0 Å². The monoisotopic (exact) mass is 285 g/mol. The molecule has 0 fully saturated rings. The van der Waals surface area contributed by atoms with Gasteiger partial charge in [0.25, 0.3) is 0 Å². The molecule has 21 heavy (non-hydrogen) atoms. The topological polar surface area (TPSA) is 37.0 Å². The molecule has 0 aliphatic rings. The molecule has 1 aromatic carbocycles. The van der Waals surface area contributed by atoms with Gasteiger partial charge in [0.2, 0.25) is 0 Å². The van der Waals surface area contributed by atoms with Gasteiger partial charge in [0.15, 0.2) is 0 Å². The number of unbranched alkanes of at least 4 members (excludes halogenated alkanes) is 2. The summed E-state index contributed by atoms with van der Waals surface area (Å²) in [6, 6.07) is 10.9. The Morgan fingerprint density at radius 3 is 2.86 bits per heavy atom. The summed E-state index contributed by atoms with van der Waals surface area (Å²) in [5, 5.41) is 8.28. The summed E-state index contributed by atoms with van der Waals surface area (Å²) < 4.78 is 0. The maximum atomic E-state index is 4.38. The van der Waals surface area contributed by atoms with Gasteiger partial charge in [-0.05, 0) is 37.6 Å².